The van der Waals surface area contributed by atoms with E-state index in [1.165, 1.54) is 14.2 Å². The smallest absolute Gasteiger partial charge is 0.205 e. The maximum absolute atomic E-state index is 14.5. The van der Waals surface area contributed by atoms with E-state index < -0.39 is 24.1 Å². The van der Waals surface area contributed by atoms with Gasteiger partial charge in [-0.05, 0) is 18.1 Å². The van der Waals surface area contributed by atoms with Gasteiger partial charge >= 0.3 is 0 Å². The highest BCUT2D eigenvalue weighted by Crippen LogP contribution is 2.29. The fraction of sp³-hybridized carbons (Fsp3) is 0.412. The van der Waals surface area contributed by atoms with Gasteiger partial charge in [0.25, 0.3) is 0 Å². The quantitative estimate of drug-likeness (QED) is 0.800. The maximum atomic E-state index is 14.5. The van der Waals surface area contributed by atoms with Crippen LogP contribution in [0.25, 0.3) is 0 Å². The average Bonchev–Trinajstić information content (AvgIpc) is 2.55. The van der Waals surface area contributed by atoms with Gasteiger partial charge in [0.15, 0.2) is 11.9 Å². The Labute approximate surface area is 129 Å². The molecule has 0 aliphatic carbocycles. The van der Waals surface area contributed by atoms with Crippen molar-refractivity contribution in [1.29, 1.82) is 0 Å². The number of allylic oxidation sites excluding steroid dienone is 1. The van der Waals surface area contributed by atoms with Crippen molar-refractivity contribution in [3.05, 3.63) is 47.5 Å². The fourth-order valence-electron chi connectivity index (χ4n) is 2.29. The Morgan fingerprint density at radius 1 is 1.09 bits per heavy atom. The third-order valence-corrected chi connectivity index (χ3v) is 3.35. The summed E-state index contributed by atoms with van der Waals surface area (Å²) in [6.45, 7) is 0.252. The topological polar surface area (TPSA) is 36.9 Å². The molecule has 0 saturated heterocycles. The minimum absolute atomic E-state index is 0.0361. The number of ether oxygens (including phenoxy) is 4. The molecule has 0 aromatic heterocycles. The minimum Gasteiger partial charge on any atom is -0.474 e. The molecule has 1 aromatic carbocycles. The molecular formula is C17H19FO4. The molecule has 2 rings (SSSR count). The standard InChI is InChI=1S/C17H19FO4/c1-19-11-14-16(20-2)17(21-3)15(18)13(22-14)10-9-12-7-5-4-6-8-12/h4-8,14,16-17H,11H2,1-3H3/t14-,16-,17-/m1/s1. The van der Waals surface area contributed by atoms with Crippen molar-refractivity contribution < 1.29 is 23.3 Å². The highest BCUT2D eigenvalue weighted by molar-refractivity contribution is 5.40. The second-order valence-electron chi connectivity index (χ2n) is 4.76. The first-order valence-electron chi connectivity index (χ1n) is 6.89. The van der Waals surface area contributed by atoms with E-state index in [9.17, 15) is 4.39 Å². The van der Waals surface area contributed by atoms with Crippen LogP contribution < -0.4 is 0 Å². The molecule has 1 aliphatic heterocycles. The number of methoxy groups -OCH3 is 3. The lowest BCUT2D eigenvalue weighted by Gasteiger charge is -2.35. The molecule has 4 nitrogen and oxygen atoms in total. The summed E-state index contributed by atoms with van der Waals surface area (Å²) >= 11 is 0. The van der Waals surface area contributed by atoms with Gasteiger partial charge in [-0.15, -0.1) is 0 Å². The summed E-state index contributed by atoms with van der Waals surface area (Å²) in [5.74, 6) is 5.00. The van der Waals surface area contributed by atoms with E-state index in [-0.39, 0.29) is 12.4 Å². The van der Waals surface area contributed by atoms with Crippen LogP contribution in [0.1, 0.15) is 5.56 Å². The van der Waals surface area contributed by atoms with Crippen LogP contribution in [-0.4, -0.2) is 46.2 Å². The van der Waals surface area contributed by atoms with Crippen LogP contribution >= 0.6 is 0 Å². The largest absolute Gasteiger partial charge is 0.474 e. The second kappa shape index (κ2) is 7.95. The molecule has 118 valence electrons. The molecule has 0 saturated carbocycles. The van der Waals surface area contributed by atoms with E-state index in [4.69, 9.17) is 18.9 Å². The van der Waals surface area contributed by atoms with E-state index in [0.717, 1.165) is 5.56 Å². The van der Waals surface area contributed by atoms with Crippen molar-refractivity contribution in [3.63, 3.8) is 0 Å². The lowest BCUT2D eigenvalue weighted by Crippen LogP contribution is -2.47. The molecule has 0 spiro atoms. The Morgan fingerprint density at radius 3 is 2.41 bits per heavy atom. The normalized spacial score (nSPS) is 24.5. The van der Waals surface area contributed by atoms with Crippen molar-refractivity contribution in [2.75, 3.05) is 27.9 Å². The molecule has 0 unspecified atom stereocenters. The Kier molecular flexibility index (Phi) is 5.96. The molecule has 1 aromatic rings. The van der Waals surface area contributed by atoms with Gasteiger partial charge in [-0.2, -0.15) is 0 Å². The van der Waals surface area contributed by atoms with Gasteiger partial charge < -0.3 is 18.9 Å². The third-order valence-electron chi connectivity index (χ3n) is 3.35. The first-order chi connectivity index (χ1) is 10.7. The summed E-state index contributed by atoms with van der Waals surface area (Å²) in [4.78, 5) is 0. The number of halogens is 1. The van der Waals surface area contributed by atoms with Gasteiger partial charge in [-0.25, -0.2) is 4.39 Å². The number of hydrogen-bond donors (Lipinski definition) is 0. The molecular weight excluding hydrogens is 287 g/mol. The van der Waals surface area contributed by atoms with Gasteiger partial charge in [0, 0.05) is 26.9 Å². The molecule has 0 fully saturated rings. The number of benzene rings is 1. The van der Waals surface area contributed by atoms with Crippen molar-refractivity contribution in [2.24, 2.45) is 0 Å². The predicted molar refractivity (Wildman–Crippen MR) is 79.8 cm³/mol. The Balaban J connectivity index is 2.30. The summed E-state index contributed by atoms with van der Waals surface area (Å²) in [6.07, 6.45) is -1.94. The van der Waals surface area contributed by atoms with E-state index >= 15 is 0 Å². The molecule has 3 atom stereocenters. The molecule has 0 amide bonds. The minimum atomic E-state index is -0.862. The van der Waals surface area contributed by atoms with E-state index in [1.54, 1.807) is 7.11 Å². The summed E-state index contributed by atoms with van der Waals surface area (Å²) < 4.78 is 35.7. The molecule has 0 radical (unpaired) electrons. The van der Waals surface area contributed by atoms with E-state index in [1.807, 2.05) is 30.3 Å². The summed E-state index contributed by atoms with van der Waals surface area (Å²) in [5, 5.41) is 0. The SMILES string of the molecule is COC[C@H]1OC(C#Cc2ccccc2)=C(F)[C@@H](OC)[C@@H]1OC. The molecule has 1 heterocycles. The lowest BCUT2D eigenvalue weighted by molar-refractivity contribution is -0.130. The van der Waals surface area contributed by atoms with E-state index in [0.29, 0.717) is 0 Å². The van der Waals surface area contributed by atoms with Crippen LogP contribution in [0.3, 0.4) is 0 Å². The Bertz CT molecular complexity index is 573. The van der Waals surface area contributed by atoms with Crippen LogP contribution in [0, 0.1) is 11.8 Å². The van der Waals surface area contributed by atoms with Gasteiger partial charge in [-0.1, -0.05) is 24.1 Å². The van der Waals surface area contributed by atoms with Gasteiger partial charge in [-0.3, -0.25) is 0 Å². The highest BCUT2D eigenvalue weighted by Gasteiger charge is 2.41. The molecule has 22 heavy (non-hydrogen) atoms. The average molecular weight is 306 g/mol. The lowest BCUT2D eigenvalue weighted by atomic mass is 10.0. The monoisotopic (exact) mass is 306 g/mol. The van der Waals surface area contributed by atoms with Crippen LogP contribution in [0.4, 0.5) is 4.39 Å². The molecule has 0 bridgehead atoms. The summed E-state index contributed by atoms with van der Waals surface area (Å²) in [5.41, 5.74) is 0.775. The van der Waals surface area contributed by atoms with Crippen LogP contribution in [0.2, 0.25) is 0 Å². The zero-order chi connectivity index (χ0) is 15.9. The van der Waals surface area contributed by atoms with Crippen LogP contribution in [0.5, 0.6) is 0 Å². The zero-order valence-electron chi connectivity index (χ0n) is 12.8. The van der Waals surface area contributed by atoms with Gasteiger partial charge in [0.1, 0.15) is 12.2 Å². The van der Waals surface area contributed by atoms with Gasteiger partial charge in [0.2, 0.25) is 5.76 Å². The van der Waals surface area contributed by atoms with Crippen molar-refractivity contribution in [1.82, 2.24) is 0 Å². The first-order valence-corrected chi connectivity index (χ1v) is 6.89. The molecule has 5 heteroatoms. The summed E-state index contributed by atoms with van der Waals surface area (Å²) in [7, 11) is 4.45. The second-order valence-corrected chi connectivity index (χ2v) is 4.76. The fourth-order valence-corrected chi connectivity index (χ4v) is 2.29. The van der Waals surface area contributed by atoms with Crippen LogP contribution in [0.15, 0.2) is 41.9 Å². The van der Waals surface area contributed by atoms with Crippen molar-refractivity contribution in [2.45, 2.75) is 18.3 Å². The zero-order valence-corrected chi connectivity index (χ0v) is 12.8. The highest BCUT2D eigenvalue weighted by atomic mass is 19.1. The predicted octanol–water partition coefficient (Wildman–Crippen LogP) is 2.29. The van der Waals surface area contributed by atoms with Crippen LogP contribution in [-0.2, 0) is 18.9 Å². The molecule has 0 N–H and O–H groups in total. The Hall–Kier alpha value is -1.87. The number of hydrogen-bond acceptors (Lipinski definition) is 4. The Morgan fingerprint density at radius 2 is 1.82 bits per heavy atom. The third kappa shape index (κ3) is 3.66. The van der Waals surface area contributed by atoms with Crippen molar-refractivity contribution >= 4 is 0 Å². The maximum Gasteiger partial charge on any atom is 0.205 e. The number of rotatable bonds is 4. The van der Waals surface area contributed by atoms with Gasteiger partial charge in [0.05, 0.1) is 6.61 Å². The first kappa shape index (κ1) is 16.5. The van der Waals surface area contributed by atoms with E-state index in [2.05, 4.69) is 11.8 Å². The summed E-state index contributed by atoms with van der Waals surface area (Å²) in [6, 6.07) is 9.30. The molecule has 1 aliphatic rings. The van der Waals surface area contributed by atoms with Crippen molar-refractivity contribution in [3.8, 4) is 11.8 Å².